The third-order valence-electron chi connectivity index (χ3n) is 5.02. The zero-order valence-electron chi connectivity index (χ0n) is 16.1. The number of aryl methyl sites for hydroxylation is 1. The number of rotatable bonds is 8. The van der Waals surface area contributed by atoms with Gasteiger partial charge in [-0.25, -0.2) is 4.79 Å². The summed E-state index contributed by atoms with van der Waals surface area (Å²) in [6.07, 6.45) is 2.44. The van der Waals surface area contributed by atoms with Crippen molar-refractivity contribution < 1.29 is 14.3 Å². The molecule has 1 aromatic carbocycles. The quantitative estimate of drug-likeness (QED) is 0.590. The highest BCUT2D eigenvalue weighted by Crippen LogP contribution is 2.24. The van der Waals surface area contributed by atoms with Crippen molar-refractivity contribution in [2.75, 3.05) is 6.54 Å². The van der Waals surface area contributed by atoms with Crippen LogP contribution in [-0.4, -0.2) is 22.2 Å². The van der Waals surface area contributed by atoms with E-state index in [4.69, 9.17) is 4.42 Å². The molecule has 0 radical (unpaired) electrons. The predicted molar refractivity (Wildman–Crippen MR) is 105 cm³/mol. The van der Waals surface area contributed by atoms with E-state index in [1.807, 2.05) is 26.0 Å². The average molecular weight is 366 g/mol. The number of aromatic carboxylic acids is 1. The first kappa shape index (κ1) is 19.0. The SMILES string of the molecule is Cc1ccc(Cn2c(C)c(CNCCc3ccco3)c(C(=O)O)c2C)cc1. The van der Waals surface area contributed by atoms with Gasteiger partial charge in [0.25, 0.3) is 0 Å². The van der Waals surface area contributed by atoms with Crippen LogP contribution in [0, 0.1) is 20.8 Å². The zero-order valence-corrected chi connectivity index (χ0v) is 16.1. The molecule has 3 rings (SSSR count). The molecule has 0 spiro atoms. The minimum absolute atomic E-state index is 0.408. The van der Waals surface area contributed by atoms with Crippen molar-refractivity contribution in [2.45, 2.75) is 40.3 Å². The molecule has 0 amide bonds. The maximum absolute atomic E-state index is 11.9. The monoisotopic (exact) mass is 366 g/mol. The van der Waals surface area contributed by atoms with Crippen LogP contribution in [0.25, 0.3) is 0 Å². The Bertz CT molecular complexity index is 906. The van der Waals surface area contributed by atoms with E-state index < -0.39 is 5.97 Å². The lowest BCUT2D eigenvalue weighted by Gasteiger charge is -2.10. The number of hydrogen-bond donors (Lipinski definition) is 2. The predicted octanol–water partition coefficient (Wildman–Crippen LogP) is 4.09. The van der Waals surface area contributed by atoms with E-state index in [1.165, 1.54) is 5.56 Å². The fourth-order valence-electron chi connectivity index (χ4n) is 3.44. The van der Waals surface area contributed by atoms with Crippen LogP contribution in [-0.2, 0) is 19.5 Å². The number of carboxylic acid groups (broad SMARTS) is 1. The Morgan fingerprint density at radius 3 is 2.48 bits per heavy atom. The minimum atomic E-state index is -0.874. The third-order valence-corrected chi connectivity index (χ3v) is 5.02. The molecule has 0 aliphatic carbocycles. The van der Waals surface area contributed by atoms with Gasteiger partial charge >= 0.3 is 5.97 Å². The van der Waals surface area contributed by atoms with Gasteiger partial charge in [0.05, 0.1) is 11.8 Å². The van der Waals surface area contributed by atoms with Crippen molar-refractivity contribution in [3.8, 4) is 0 Å². The van der Waals surface area contributed by atoms with Gasteiger partial charge in [0.2, 0.25) is 0 Å². The molecule has 0 aliphatic rings. The molecule has 0 saturated heterocycles. The van der Waals surface area contributed by atoms with Crippen LogP contribution < -0.4 is 5.32 Å². The van der Waals surface area contributed by atoms with Gasteiger partial charge < -0.3 is 19.4 Å². The van der Waals surface area contributed by atoms with Crippen molar-refractivity contribution in [3.05, 3.63) is 82.1 Å². The van der Waals surface area contributed by atoms with Crippen molar-refractivity contribution in [1.29, 1.82) is 0 Å². The third kappa shape index (κ3) is 4.31. The summed E-state index contributed by atoms with van der Waals surface area (Å²) in [5, 5.41) is 13.1. The van der Waals surface area contributed by atoms with E-state index in [0.717, 1.165) is 41.2 Å². The minimum Gasteiger partial charge on any atom is -0.478 e. The van der Waals surface area contributed by atoms with Gasteiger partial charge in [-0.2, -0.15) is 0 Å². The number of hydrogen-bond acceptors (Lipinski definition) is 3. The maximum Gasteiger partial charge on any atom is 0.337 e. The molecule has 0 fully saturated rings. The summed E-state index contributed by atoms with van der Waals surface area (Å²) in [6, 6.07) is 12.2. The van der Waals surface area contributed by atoms with Crippen LogP contribution in [0.15, 0.2) is 47.1 Å². The Balaban J connectivity index is 1.77. The van der Waals surface area contributed by atoms with Crippen LogP contribution in [0.3, 0.4) is 0 Å². The fraction of sp³-hybridized carbons (Fsp3) is 0.318. The van der Waals surface area contributed by atoms with Crippen LogP contribution in [0.5, 0.6) is 0 Å². The van der Waals surface area contributed by atoms with Crippen LogP contribution in [0.1, 0.15) is 44.2 Å². The molecule has 2 heterocycles. The Morgan fingerprint density at radius 1 is 1.11 bits per heavy atom. The van der Waals surface area contributed by atoms with Gasteiger partial charge in [0.1, 0.15) is 5.76 Å². The van der Waals surface area contributed by atoms with E-state index in [-0.39, 0.29) is 0 Å². The van der Waals surface area contributed by atoms with E-state index in [1.54, 1.807) is 6.26 Å². The van der Waals surface area contributed by atoms with Crippen LogP contribution >= 0.6 is 0 Å². The lowest BCUT2D eigenvalue weighted by Crippen LogP contribution is -2.18. The van der Waals surface area contributed by atoms with Gasteiger partial charge in [-0.3, -0.25) is 0 Å². The van der Waals surface area contributed by atoms with E-state index in [9.17, 15) is 9.90 Å². The first-order chi connectivity index (χ1) is 13.0. The number of benzene rings is 1. The summed E-state index contributed by atoms with van der Waals surface area (Å²) >= 11 is 0. The lowest BCUT2D eigenvalue weighted by molar-refractivity contribution is 0.0694. The molecule has 27 heavy (non-hydrogen) atoms. The molecule has 2 aromatic heterocycles. The molecule has 3 aromatic rings. The first-order valence-electron chi connectivity index (χ1n) is 9.18. The molecule has 2 N–H and O–H groups in total. The second-order valence-corrected chi connectivity index (χ2v) is 6.91. The van der Waals surface area contributed by atoms with Crippen LogP contribution in [0.4, 0.5) is 0 Å². The number of carbonyl (C=O) groups is 1. The topological polar surface area (TPSA) is 67.4 Å². The Labute approximate surface area is 159 Å². The highest BCUT2D eigenvalue weighted by atomic mass is 16.4. The van der Waals surface area contributed by atoms with Gasteiger partial charge in [0.15, 0.2) is 0 Å². The Hall–Kier alpha value is -2.79. The Kier molecular flexibility index (Phi) is 5.81. The summed E-state index contributed by atoms with van der Waals surface area (Å²) in [5.74, 6) is 0.0480. The number of nitrogens with one attached hydrogen (secondary N) is 1. The molecule has 5 heteroatoms. The molecule has 0 aliphatic heterocycles. The second kappa shape index (κ2) is 8.27. The summed E-state index contributed by atoms with van der Waals surface area (Å²) in [6.45, 7) is 7.87. The van der Waals surface area contributed by atoms with Gasteiger partial charge in [-0.05, 0) is 38.5 Å². The molecule has 0 bridgehead atoms. The standard InChI is InChI=1S/C22H26N2O3/c1-15-6-8-18(9-7-15)14-24-16(2)20(21(17(24)3)22(25)26)13-23-11-10-19-5-4-12-27-19/h4-9,12,23H,10-11,13-14H2,1-3H3,(H,25,26). The molecular formula is C22H26N2O3. The van der Waals surface area contributed by atoms with E-state index >= 15 is 0 Å². The zero-order chi connectivity index (χ0) is 19.4. The molecule has 142 valence electrons. The number of aromatic nitrogens is 1. The van der Waals surface area contributed by atoms with E-state index in [2.05, 4.69) is 41.1 Å². The number of furan rings is 1. The highest BCUT2D eigenvalue weighted by Gasteiger charge is 2.22. The molecule has 0 saturated carbocycles. The van der Waals surface area contributed by atoms with Gasteiger partial charge in [-0.15, -0.1) is 0 Å². The summed E-state index contributed by atoms with van der Waals surface area (Å²) < 4.78 is 7.43. The normalized spacial score (nSPS) is 11.1. The first-order valence-corrected chi connectivity index (χ1v) is 9.18. The summed E-state index contributed by atoms with van der Waals surface area (Å²) in [5.41, 5.74) is 5.43. The van der Waals surface area contributed by atoms with Gasteiger partial charge in [-0.1, -0.05) is 29.8 Å². The number of nitrogens with zero attached hydrogens (tertiary/aromatic N) is 1. The van der Waals surface area contributed by atoms with Crippen molar-refractivity contribution in [2.24, 2.45) is 0 Å². The molecule has 0 unspecified atom stereocenters. The maximum atomic E-state index is 11.9. The van der Waals surface area contributed by atoms with Crippen LogP contribution in [0.2, 0.25) is 0 Å². The fourth-order valence-corrected chi connectivity index (χ4v) is 3.44. The molecule has 0 atom stereocenters. The summed E-state index contributed by atoms with van der Waals surface area (Å²) in [7, 11) is 0. The smallest absolute Gasteiger partial charge is 0.337 e. The highest BCUT2D eigenvalue weighted by molar-refractivity contribution is 5.91. The van der Waals surface area contributed by atoms with Crippen molar-refractivity contribution in [3.63, 3.8) is 0 Å². The molecular weight excluding hydrogens is 340 g/mol. The number of carboxylic acids is 1. The molecule has 5 nitrogen and oxygen atoms in total. The largest absolute Gasteiger partial charge is 0.478 e. The van der Waals surface area contributed by atoms with Crippen molar-refractivity contribution >= 4 is 5.97 Å². The van der Waals surface area contributed by atoms with E-state index in [0.29, 0.717) is 18.7 Å². The van der Waals surface area contributed by atoms with Gasteiger partial charge in [0, 0.05) is 43.0 Å². The van der Waals surface area contributed by atoms with Crippen molar-refractivity contribution in [1.82, 2.24) is 9.88 Å². The lowest BCUT2D eigenvalue weighted by atomic mass is 10.1. The summed E-state index contributed by atoms with van der Waals surface area (Å²) in [4.78, 5) is 11.9. The Morgan fingerprint density at radius 2 is 1.85 bits per heavy atom. The average Bonchev–Trinajstić information content (AvgIpc) is 3.23. The second-order valence-electron chi connectivity index (χ2n) is 6.91.